The van der Waals surface area contributed by atoms with Crippen LogP contribution < -0.4 is 14.3 Å². The van der Waals surface area contributed by atoms with Gasteiger partial charge in [-0.3, -0.25) is 9.69 Å². The van der Waals surface area contributed by atoms with Crippen molar-refractivity contribution in [1.82, 2.24) is 14.3 Å². The Labute approximate surface area is 259 Å². The molecule has 1 saturated heterocycles. The van der Waals surface area contributed by atoms with Crippen LogP contribution in [0.1, 0.15) is 54.4 Å². The van der Waals surface area contributed by atoms with Crippen LogP contribution in [-0.4, -0.2) is 50.9 Å². The Morgan fingerprint density at radius 2 is 1.42 bits per heavy atom. The monoisotopic (exact) mass is 618 g/mol. The largest absolute Gasteiger partial charge is 0.369 e. The molecule has 4 bridgehead atoms. The van der Waals surface area contributed by atoms with Crippen LogP contribution in [-0.2, 0) is 16.8 Å². The van der Waals surface area contributed by atoms with Gasteiger partial charge in [-0.1, -0.05) is 48.0 Å². The molecule has 2 N–H and O–H groups in total. The van der Waals surface area contributed by atoms with Crippen LogP contribution in [0.3, 0.4) is 0 Å². The van der Waals surface area contributed by atoms with Crippen LogP contribution in [0.15, 0.2) is 72.8 Å². The van der Waals surface area contributed by atoms with Gasteiger partial charge in [-0.2, -0.15) is 13.1 Å². The molecule has 1 heterocycles. The highest BCUT2D eigenvalue weighted by Crippen LogP contribution is 2.55. The zero-order valence-electron chi connectivity index (χ0n) is 24.3. The maximum Gasteiger partial charge on any atom is 0.302 e. The summed E-state index contributed by atoms with van der Waals surface area (Å²) in [5, 5.41) is 0.737. The molecule has 226 valence electrons. The second-order valence-corrected chi connectivity index (χ2v) is 15.1. The number of amides is 1. The van der Waals surface area contributed by atoms with Gasteiger partial charge in [-0.25, -0.2) is 4.72 Å². The lowest BCUT2D eigenvalue weighted by Crippen LogP contribution is -2.61. The van der Waals surface area contributed by atoms with Crippen LogP contribution in [0, 0.1) is 17.8 Å². The maximum absolute atomic E-state index is 13.0. The number of benzene rings is 3. The van der Waals surface area contributed by atoms with Gasteiger partial charge in [0.25, 0.3) is 5.91 Å². The van der Waals surface area contributed by atoms with Crippen molar-refractivity contribution in [3.63, 3.8) is 0 Å². The van der Waals surface area contributed by atoms with Crippen molar-refractivity contribution in [3.05, 3.63) is 88.9 Å². The number of anilines is 1. The summed E-state index contributed by atoms with van der Waals surface area (Å²) in [6.45, 7) is 4.46. The van der Waals surface area contributed by atoms with E-state index in [2.05, 4.69) is 55.6 Å². The summed E-state index contributed by atoms with van der Waals surface area (Å²) >= 11 is 6.10. The third-order valence-electron chi connectivity index (χ3n) is 10.0. The SMILES string of the molecule is O=C(NS(=O)(=O)NC12CC3CC(CC(C3)C1)C2)c1ccc(N2CCN(Cc3ccccc3-c3ccc(Cl)cc3)CC2)cc1. The van der Waals surface area contributed by atoms with Crippen molar-refractivity contribution in [2.45, 2.75) is 50.6 Å². The first-order valence-corrected chi connectivity index (χ1v) is 17.4. The van der Waals surface area contributed by atoms with Gasteiger partial charge in [0.15, 0.2) is 0 Å². The molecular weight excluding hydrogens is 580 g/mol. The topological polar surface area (TPSA) is 81.7 Å². The van der Waals surface area contributed by atoms with Crippen molar-refractivity contribution in [2.24, 2.45) is 17.8 Å². The molecule has 5 fully saturated rings. The summed E-state index contributed by atoms with van der Waals surface area (Å²) in [6, 6.07) is 23.8. The number of carbonyl (C=O) groups is 1. The number of nitrogens with zero attached hydrogens (tertiary/aromatic N) is 2. The Kier molecular flexibility index (Phi) is 7.74. The highest BCUT2D eigenvalue weighted by Gasteiger charge is 2.52. The van der Waals surface area contributed by atoms with E-state index < -0.39 is 16.1 Å². The summed E-state index contributed by atoms with van der Waals surface area (Å²) in [5.74, 6) is 1.26. The second kappa shape index (κ2) is 11.5. The van der Waals surface area contributed by atoms with Gasteiger partial charge in [-0.05, 0) is 109 Å². The quantitative estimate of drug-likeness (QED) is 0.330. The van der Waals surface area contributed by atoms with Gasteiger partial charge in [-0.15, -0.1) is 0 Å². The molecule has 5 aliphatic rings. The zero-order chi connectivity index (χ0) is 29.6. The lowest BCUT2D eigenvalue weighted by molar-refractivity contribution is -0.00821. The molecule has 0 spiro atoms. The van der Waals surface area contributed by atoms with E-state index in [-0.39, 0.29) is 5.54 Å². The minimum absolute atomic E-state index is 0.345. The van der Waals surface area contributed by atoms with E-state index in [0.717, 1.165) is 62.7 Å². The van der Waals surface area contributed by atoms with E-state index >= 15 is 0 Å². The van der Waals surface area contributed by atoms with E-state index in [1.807, 2.05) is 24.3 Å². The predicted molar refractivity (Wildman–Crippen MR) is 171 cm³/mol. The summed E-state index contributed by atoms with van der Waals surface area (Å²) in [6.07, 6.45) is 6.37. The first-order chi connectivity index (χ1) is 20.7. The molecule has 43 heavy (non-hydrogen) atoms. The van der Waals surface area contributed by atoms with E-state index in [1.165, 1.54) is 36.0 Å². The van der Waals surface area contributed by atoms with Crippen LogP contribution >= 0.6 is 11.6 Å². The van der Waals surface area contributed by atoms with Gasteiger partial charge in [0.1, 0.15) is 0 Å². The van der Waals surface area contributed by atoms with E-state index in [1.54, 1.807) is 12.1 Å². The summed E-state index contributed by atoms with van der Waals surface area (Å²) in [4.78, 5) is 17.7. The highest BCUT2D eigenvalue weighted by atomic mass is 35.5. The fourth-order valence-corrected chi connectivity index (χ4v) is 9.88. The number of halogens is 1. The molecule has 4 aliphatic carbocycles. The molecule has 1 amide bonds. The average molecular weight is 619 g/mol. The van der Waals surface area contributed by atoms with Crippen LogP contribution in [0.5, 0.6) is 0 Å². The smallest absolute Gasteiger partial charge is 0.302 e. The molecule has 4 saturated carbocycles. The van der Waals surface area contributed by atoms with Gasteiger partial charge < -0.3 is 4.90 Å². The molecule has 0 radical (unpaired) electrons. The predicted octanol–water partition coefficient (Wildman–Crippen LogP) is 5.86. The minimum Gasteiger partial charge on any atom is -0.369 e. The molecule has 7 nitrogen and oxygen atoms in total. The number of rotatable bonds is 8. The standard InChI is InChI=1S/C34H39ClN4O3S/c35-30-9-5-27(6-10-30)32-4-2-1-3-29(32)23-38-13-15-39(16-14-38)31-11-7-28(8-12-31)33(40)36-43(41,42)37-34-20-24-17-25(21-34)19-26(18-24)22-34/h1-12,24-26,37H,13-23H2,(H,36,40). The van der Waals surface area contributed by atoms with Crippen molar-refractivity contribution in [2.75, 3.05) is 31.1 Å². The maximum atomic E-state index is 13.0. The van der Waals surface area contributed by atoms with Gasteiger partial charge in [0.05, 0.1) is 0 Å². The lowest BCUT2D eigenvalue weighted by atomic mass is 9.53. The van der Waals surface area contributed by atoms with Crippen LogP contribution in [0.2, 0.25) is 5.02 Å². The normalized spacial score (nSPS) is 26.9. The third kappa shape index (κ3) is 6.34. The summed E-state index contributed by atoms with van der Waals surface area (Å²) < 4.78 is 31.3. The summed E-state index contributed by atoms with van der Waals surface area (Å²) in [7, 11) is -3.95. The van der Waals surface area contributed by atoms with E-state index in [4.69, 9.17) is 11.6 Å². The van der Waals surface area contributed by atoms with Crippen LogP contribution in [0.4, 0.5) is 5.69 Å². The molecule has 9 heteroatoms. The molecule has 0 aromatic heterocycles. The minimum atomic E-state index is -3.95. The van der Waals surface area contributed by atoms with Crippen molar-refractivity contribution < 1.29 is 13.2 Å². The number of carbonyl (C=O) groups excluding carboxylic acids is 1. The fourth-order valence-electron chi connectivity index (χ4n) is 8.53. The Morgan fingerprint density at radius 3 is 2.05 bits per heavy atom. The molecule has 0 unspecified atom stereocenters. The van der Waals surface area contributed by atoms with Gasteiger partial charge in [0.2, 0.25) is 0 Å². The lowest BCUT2D eigenvalue weighted by Gasteiger charge is -2.56. The Bertz CT molecular complexity index is 1550. The zero-order valence-corrected chi connectivity index (χ0v) is 25.9. The number of hydrogen-bond donors (Lipinski definition) is 2. The molecular formula is C34H39ClN4O3S. The highest BCUT2D eigenvalue weighted by molar-refractivity contribution is 7.88. The molecule has 3 aromatic rings. The van der Waals surface area contributed by atoms with Crippen LogP contribution in [0.25, 0.3) is 11.1 Å². The van der Waals surface area contributed by atoms with E-state index in [9.17, 15) is 13.2 Å². The van der Waals surface area contributed by atoms with Crippen molar-refractivity contribution in [3.8, 4) is 11.1 Å². The fraction of sp³-hybridized carbons (Fsp3) is 0.441. The number of hydrogen-bond acceptors (Lipinski definition) is 5. The molecule has 8 rings (SSSR count). The van der Waals surface area contributed by atoms with Gasteiger partial charge >= 0.3 is 10.2 Å². The summed E-state index contributed by atoms with van der Waals surface area (Å²) in [5.41, 5.74) is 4.68. The molecule has 3 aromatic carbocycles. The number of piperazine rings is 1. The average Bonchev–Trinajstić information content (AvgIpc) is 2.97. The third-order valence-corrected chi connectivity index (χ3v) is 11.5. The number of nitrogens with one attached hydrogen (secondary N) is 2. The first-order valence-electron chi connectivity index (χ1n) is 15.5. The Morgan fingerprint density at radius 1 is 0.814 bits per heavy atom. The molecule has 0 atom stereocenters. The van der Waals surface area contributed by atoms with Gasteiger partial charge in [0, 0.05) is 54.5 Å². The Hall–Kier alpha value is -2.91. The Balaban J connectivity index is 0.935. The van der Waals surface area contributed by atoms with Crippen molar-refractivity contribution >= 4 is 33.4 Å². The van der Waals surface area contributed by atoms with E-state index in [0.29, 0.717) is 23.3 Å². The first kappa shape index (κ1) is 28.8. The van der Waals surface area contributed by atoms with Crippen molar-refractivity contribution in [1.29, 1.82) is 0 Å². The second-order valence-electron chi connectivity index (χ2n) is 13.2. The molecule has 1 aliphatic heterocycles.